The second kappa shape index (κ2) is 5.77. The summed E-state index contributed by atoms with van der Waals surface area (Å²) in [5.74, 6) is 0. The molecule has 0 aliphatic rings. The van der Waals surface area contributed by atoms with Crippen molar-refractivity contribution in [2.24, 2.45) is 5.41 Å². The number of nitrogens with zero attached hydrogens (tertiary/aromatic N) is 1. The lowest BCUT2D eigenvalue weighted by atomic mass is 9.97. The van der Waals surface area contributed by atoms with E-state index in [-0.39, 0.29) is 11.4 Å². The normalized spacial score (nSPS) is 11.2. The van der Waals surface area contributed by atoms with Crippen LogP contribution >= 0.6 is 0 Å². The van der Waals surface area contributed by atoms with Gasteiger partial charge >= 0.3 is 6.03 Å². The van der Waals surface area contributed by atoms with Gasteiger partial charge in [0.1, 0.15) is 0 Å². The number of amides is 2. The molecule has 0 unspecified atom stereocenters. The van der Waals surface area contributed by atoms with E-state index >= 15 is 0 Å². The number of anilines is 1. The molecule has 1 aromatic heterocycles. The third kappa shape index (κ3) is 4.12. The number of hydrogen-bond donors (Lipinski definition) is 3. The zero-order chi connectivity index (χ0) is 14.6. The number of carbonyl (C=O) groups is 1. The Kier molecular flexibility index (Phi) is 4.08. The fourth-order valence-corrected chi connectivity index (χ4v) is 1.67. The second-order valence-electron chi connectivity index (χ2n) is 5.91. The smallest absolute Gasteiger partial charge is 0.319 e. The van der Waals surface area contributed by atoms with Crippen molar-refractivity contribution in [2.45, 2.75) is 20.8 Å². The summed E-state index contributed by atoms with van der Waals surface area (Å²) in [6.07, 6.45) is 3.40. The molecule has 106 valence electrons. The molecule has 5 nitrogen and oxygen atoms in total. The Morgan fingerprint density at radius 2 is 1.95 bits per heavy atom. The summed E-state index contributed by atoms with van der Waals surface area (Å²) in [5.41, 5.74) is 2.82. The Labute approximate surface area is 118 Å². The lowest BCUT2D eigenvalue weighted by Gasteiger charge is -2.18. The van der Waals surface area contributed by atoms with Crippen LogP contribution < -0.4 is 10.6 Å². The van der Waals surface area contributed by atoms with Crippen molar-refractivity contribution in [2.75, 3.05) is 11.9 Å². The highest BCUT2D eigenvalue weighted by Crippen LogP contribution is 2.18. The summed E-state index contributed by atoms with van der Waals surface area (Å²) in [6, 6.07) is 7.42. The number of carbonyl (C=O) groups excluding carboxylic acids is 1. The van der Waals surface area contributed by atoms with Gasteiger partial charge in [-0.1, -0.05) is 32.9 Å². The van der Waals surface area contributed by atoms with Gasteiger partial charge in [0.05, 0.1) is 18.2 Å². The van der Waals surface area contributed by atoms with E-state index in [1.54, 1.807) is 12.5 Å². The maximum Gasteiger partial charge on any atom is 0.319 e. The molecule has 1 heterocycles. The van der Waals surface area contributed by atoms with E-state index in [9.17, 15) is 4.79 Å². The van der Waals surface area contributed by atoms with Crippen LogP contribution in [0, 0.1) is 5.41 Å². The van der Waals surface area contributed by atoms with Crippen LogP contribution in [-0.4, -0.2) is 22.5 Å². The minimum atomic E-state index is -0.186. The monoisotopic (exact) mass is 272 g/mol. The third-order valence-electron chi connectivity index (χ3n) is 2.73. The highest BCUT2D eigenvalue weighted by Gasteiger charge is 2.11. The number of urea groups is 1. The van der Waals surface area contributed by atoms with Crippen molar-refractivity contribution in [3.05, 3.63) is 36.8 Å². The zero-order valence-electron chi connectivity index (χ0n) is 12.0. The molecule has 0 aliphatic carbocycles. The Hall–Kier alpha value is -2.30. The Morgan fingerprint density at radius 3 is 2.50 bits per heavy atom. The minimum absolute atomic E-state index is 0.0712. The summed E-state index contributed by atoms with van der Waals surface area (Å²) in [7, 11) is 0. The lowest BCUT2D eigenvalue weighted by molar-refractivity contribution is 0.247. The highest BCUT2D eigenvalue weighted by atomic mass is 16.2. The molecule has 0 saturated carbocycles. The topological polar surface area (TPSA) is 69.8 Å². The maximum atomic E-state index is 11.7. The molecule has 5 heteroatoms. The average molecular weight is 272 g/mol. The first-order valence-electron chi connectivity index (χ1n) is 6.58. The number of hydrogen-bond acceptors (Lipinski definition) is 2. The summed E-state index contributed by atoms with van der Waals surface area (Å²) in [4.78, 5) is 18.8. The van der Waals surface area contributed by atoms with Gasteiger partial charge in [0.25, 0.3) is 0 Å². The molecule has 0 bridgehead atoms. The fourth-order valence-electron chi connectivity index (χ4n) is 1.67. The van der Waals surface area contributed by atoms with Gasteiger partial charge in [-0.3, -0.25) is 0 Å². The van der Waals surface area contributed by atoms with E-state index in [0.717, 1.165) is 16.9 Å². The van der Waals surface area contributed by atoms with Crippen LogP contribution in [0.15, 0.2) is 36.8 Å². The number of imidazole rings is 1. The zero-order valence-corrected chi connectivity index (χ0v) is 12.0. The molecular weight excluding hydrogens is 252 g/mol. The van der Waals surface area contributed by atoms with Crippen LogP contribution in [0.3, 0.4) is 0 Å². The number of aromatic amines is 1. The van der Waals surface area contributed by atoms with E-state index in [1.807, 2.05) is 24.3 Å². The van der Waals surface area contributed by atoms with E-state index < -0.39 is 0 Å². The van der Waals surface area contributed by atoms with Gasteiger partial charge in [-0.15, -0.1) is 0 Å². The summed E-state index contributed by atoms with van der Waals surface area (Å²) < 4.78 is 0. The van der Waals surface area contributed by atoms with E-state index in [4.69, 9.17) is 0 Å². The first-order chi connectivity index (χ1) is 9.44. The molecule has 0 fully saturated rings. The molecule has 2 amide bonds. The number of aromatic nitrogens is 2. The van der Waals surface area contributed by atoms with Crippen molar-refractivity contribution in [1.29, 1.82) is 0 Å². The molecule has 2 aromatic rings. The van der Waals surface area contributed by atoms with Gasteiger partial charge in [0.2, 0.25) is 0 Å². The Morgan fingerprint density at radius 1 is 1.25 bits per heavy atom. The molecule has 0 spiro atoms. The van der Waals surface area contributed by atoms with Crippen molar-refractivity contribution in [1.82, 2.24) is 15.3 Å². The molecule has 2 rings (SSSR count). The number of benzene rings is 1. The quantitative estimate of drug-likeness (QED) is 0.802. The predicted octanol–water partition coefficient (Wildman–Crippen LogP) is 3.24. The van der Waals surface area contributed by atoms with Gasteiger partial charge in [-0.25, -0.2) is 9.78 Å². The second-order valence-corrected chi connectivity index (χ2v) is 5.91. The standard InChI is InChI=1S/C15H20N4O/c1-15(2,3)9-17-14(20)19-12-6-4-11(5-7-12)13-8-16-10-18-13/h4-8,10H,9H2,1-3H3,(H,16,18)(H2,17,19,20). The molecular formula is C15H20N4O. The van der Waals surface area contributed by atoms with Crippen LogP contribution in [-0.2, 0) is 0 Å². The van der Waals surface area contributed by atoms with E-state index in [0.29, 0.717) is 6.54 Å². The fraction of sp³-hybridized carbons (Fsp3) is 0.333. The van der Waals surface area contributed by atoms with Gasteiger partial charge in [-0.05, 0) is 23.1 Å². The first kappa shape index (κ1) is 14.1. The van der Waals surface area contributed by atoms with Crippen LogP contribution in [0.25, 0.3) is 11.3 Å². The average Bonchev–Trinajstić information content (AvgIpc) is 2.90. The molecule has 0 saturated heterocycles. The third-order valence-corrected chi connectivity index (χ3v) is 2.73. The van der Waals surface area contributed by atoms with E-state index in [2.05, 4.69) is 41.4 Å². The van der Waals surface area contributed by atoms with Crippen molar-refractivity contribution >= 4 is 11.7 Å². The van der Waals surface area contributed by atoms with Crippen LogP contribution in [0.5, 0.6) is 0 Å². The number of nitrogens with one attached hydrogen (secondary N) is 3. The molecule has 0 radical (unpaired) electrons. The molecule has 20 heavy (non-hydrogen) atoms. The number of H-pyrrole nitrogens is 1. The number of rotatable bonds is 3. The molecule has 1 aromatic carbocycles. The first-order valence-corrected chi connectivity index (χ1v) is 6.58. The SMILES string of the molecule is CC(C)(C)CNC(=O)Nc1ccc(-c2cnc[nH]2)cc1. The minimum Gasteiger partial charge on any atom is -0.345 e. The lowest BCUT2D eigenvalue weighted by Crippen LogP contribution is -2.35. The molecule has 0 aliphatic heterocycles. The molecule has 3 N–H and O–H groups in total. The summed E-state index contributed by atoms with van der Waals surface area (Å²) in [6.45, 7) is 6.86. The van der Waals surface area contributed by atoms with Crippen LogP contribution in [0.4, 0.5) is 10.5 Å². The maximum absolute atomic E-state index is 11.7. The van der Waals surface area contributed by atoms with Crippen LogP contribution in [0.2, 0.25) is 0 Å². The molecule has 0 atom stereocenters. The largest absolute Gasteiger partial charge is 0.345 e. The van der Waals surface area contributed by atoms with Gasteiger partial charge in [0, 0.05) is 12.2 Å². The van der Waals surface area contributed by atoms with Gasteiger partial charge in [-0.2, -0.15) is 0 Å². The summed E-state index contributed by atoms with van der Waals surface area (Å²) in [5, 5.41) is 5.66. The van der Waals surface area contributed by atoms with E-state index in [1.165, 1.54) is 0 Å². The van der Waals surface area contributed by atoms with Gasteiger partial charge < -0.3 is 15.6 Å². The Bertz CT molecular complexity index is 553. The van der Waals surface area contributed by atoms with Crippen molar-refractivity contribution in [3.8, 4) is 11.3 Å². The van der Waals surface area contributed by atoms with Crippen molar-refractivity contribution < 1.29 is 4.79 Å². The van der Waals surface area contributed by atoms with Crippen LogP contribution in [0.1, 0.15) is 20.8 Å². The van der Waals surface area contributed by atoms with Crippen molar-refractivity contribution in [3.63, 3.8) is 0 Å². The predicted molar refractivity (Wildman–Crippen MR) is 80.5 cm³/mol. The summed E-state index contributed by atoms with van der Waals surface area (Å²) >= 11 is 0. The highest BCUT2D eigenvalue weighted by molar-refractivity contribution is 5.89. The van der Waals surface area contributed by atoms with Gasteiger partial charge in [0.15, 0.2) is 0 Å². The Balaban J connectivity index is 1.92.